The number of carbonyl (C=O) groups is 1. The van der Waals surface area contributed by atoms with Crippen molar-refractivity contribution in [3.05, 3.63) is 47.9 Å². The molecule has 190 valence electrons. The van der Waals surface area contributed by atoms with Crippen molar-refractivity contribution in [3.8, 4) is 0 Å². The number of halogens is 1. The van der Waals surface area contributed by atoms with E-state index < -0.39 is 17.5 Å². The minimum Gasteiger partial charge on any atom is -0.444 e. The SMILES string of the molecule is CC(C)(C)OC(=O)N[C@@H]1CC[C@@H](/C=C/c2ccnc3ccc(F)cc23)O[C@@H]1CC1COC(C)(C)O1. The van der Waals surface area contributed by atoms with Crippen molar-refractivity contribution >= 4 is 23.1 Å². The van der Waals surface area contributed by atoms with Crippen molar-refractivity contribution in [3.63, 3.8) is 0 Å². The number of alkyl carbamates (subject to hydrolysis) is 1. The van der Waals surface area contributed by atoms with Gasteiger partial charge < -0.3 is 24.3 Å². The van der Waals surface area contributed by atoms with Crippen LogP contribution in [-0.4, -0.2) is 53.4 Å². The van der Waals surface area contributed by atoms with Crippen LogP contribution in [-0.2, 0) is 18.9 Å². The van der Waals surface area contributed by atoms with E-state index in [0.717, 1.165) is 29.3 Å². The predicted octanol–water partition coefficient (Wildman–Crippen LogP) is 5.37. The van der Waals surface area contributed by atoms with E-state index in [4.69, 9.17) is 18.9 Å². The molecule has 0 bridgehead atoms. The maximum absolute atomic E-state index is 13.8. The van der Waals surface area contributed by atoms with Gasteiger partial charge in [-0.3, -0.25) is 4.98 Å². The Labute approximate surface area is 206 Å². The van der Waals surface area contributed by atoms with Gasteiger partial charge in [0.15, 0.2) is 5.79 Å². The van der Waals surface area contributed by atoms with Crippen LogP contribution >= 0.6 is 0 Å². The van der Waals surface area contributed by atoms with Crippen molar-refractivity contribution in [2.75, 3.05) is 6.61 Å². The quantitative estimate of drug-likeness (QED) is 0.612. The monoisotopic (exact) mass is 486 g/mol. The Hall–Kier alpha value is -2.55. The van der Waals surface area contributed by atoms with Crippen molar-refractivity contribution < 1.29 is 28.1 Å². The molecule has 35 heavy (non-hydrogen) atoms. The zero-order valence-corrected chi connectivity index (χ0v) is 21.0. The zero-order valence-electron chi connectivity index (χ0n) is 21.0. The molecule has 2 aliphatic rings. The van der Waals surface area contributed by atoms with E-state index in [0.29, 0.717) is 13.0 Å². The lowest BCUT2D eigenvalue weighted by atomic mass is 9.94. The molecule has 2 saturated heterocycles. The Kier molecular flexibility index (Phi) is 7.45. The van der Waals surface area contributed by atoms with Gasteiger partial charge in [-0.1, -0.05) is 12.2 Å². The third-order valence-electron chi connectivity index (χ3n) is 6.05. The fraction of sp³-hybridized carbons (Fsp3) is 0.556. The topological polar surface area (TPSA) is 78.9 Å². The molecule has 0 spiro atoms. The Balaban J connectivity index is 1.48. The standard InChI is InChI=1S/C27H35FN2O5/c1-26(2,3)35-25(31)30-23-11-9-19(33-24(23)15-20-16-32-27(4,5)34-20)8-6-17-12-13-29-22-10-7-18(28)14-21(17)22/h6-8,10,12-14,19-20,23-24H,9,11,15-16H2,1-5H3,(H,30,31)/b8-6+/t19-,20?,23-,24-/m1/s1. The van der Waals surface area contributed by atoms with Gasteiger partial charge in [0.05, 0.1) is 36.5 Å². The van der Waals surface area contributed by atoms with Crippen molar-refractivity contribution in [2.24, 2.45) is 0 Å². The van der Waals surface area contributed by atoms with Crippen molar-refractivity contribution in [2.45, 2.75) is 89.6 Å². The van der Waals surface area contributed by atoms with Crippen LogP contribution in [0.3, 0.4) is 0 Å². The molecule has 2 aromatic rings. The summed E-state index contributed by atoms with van der Waals surface area (Å²) in [6.45, 7) is 9.76. The first-order valence-electron chi connectivity index (χ1n) is 12.2. The van der Waals surface area contributed by atoms with E-state index in [2.05, 4.69) is 10.3 Å². The van der Waals surface area contributed by atoms with Crippen LogP contribution in [0.15, 0.2) is 36.5 Å². The van der Waals surface area contributed by atoms with Gasteiger partial charge in [-0.15, -0.1) is 0 Å². The number of amides is 1. The lowest BCUT2D eigenvalue weighted by molar-refractivity contribution is -0.146. The number of hydrogen-bond acceptors (Lipinski definition) is 6. The molecule has 8 heteroatoms. The third kappa shape index (κ3) is 6.99. The van der Waals surface area contributed by atoms with E-state index in [1.54, 1.807) is 12.3 Å². The molecular formula is C27H35FN2O5. The number of ether oxygens (including phenoxy) is 4. The number of carbonyl (C=O) groups excluding carboxylic acids is 1. The minimum atomic E-state index is -0.635. The molecule has 1 unspecified atom stereocenters. The van der Waals surface area contributed by atoms with Crippen LogP contribution in [0.1, 0.15) is 59.4 Å². The maximum Gasteiger partial charge on any atom is 0.407 e. The summed E-state index contributed by atoms with van der Waals surface area (Å²) < 4.78 is 37.4. The van der Waals surface area contributed by atoms with Crippen LogP contribution in [0.25, 0.3) is 17.0 Å². The first-order valence-corrected chi connectivity index (χ1v) is 12.2. The average Bonchev–Trinajstić information content (AvgIpc) is 3.10. The van der Waals surface area contributed by atoms with Crippen LogP contribution in [0.5, 0.6) is 0 Å². The number of hydrogen-bond donors (Lipinski definition) is 1. The Bertz CT molecular complexity index is 1080. The molecule has 2 aliphatic heterocycles. The predicted molar refractivity (Wildman–Crippen MR) is 131 cm³/mol. The van der Waals surface area contributed by atoms with Crippen LogP contribution < -0.4 is 5.32 Å². The first kappa shape index (κ1) is 25.5. The van der Waals surface area contributed by atoms with Gasteiger partial charge in [-0.2, -0.15) is 0 Å². The molecule has 0 radical (unpaired) electrons. The summed E-state index contributed by atoms with van der Waals surface area (Å²) >= 11 is 0. The number of nitrogens with one attached hydrogen (secondary N) is 1. The molecule has 1 amide bonds. The summed E-state index contributed by atoms with van der Waals surface area (Å²) in [6.07, 6.45) is 6.65. The van der Waals surface area contributed by atoms with Gasteiger partial charge in [0.1, 0.15) is 11.4 Å². The molecule has 2 fully saturated rings. The zero-order chi connectivity index (χ0) is 25.2. The average molecular weight is 487 g/mol. The van der Waals surface area contributed by atoms with Gasteiger partial charge in [0, 0.05) is 18.0 Å². The van der Waals surface area contributed by atoms with E-state index in [-0.39, 0.29) is 30.2 Å². The molecular weight excluding hydrogens is 451 g/mol. The summed E-state index contributed by atoms with van der Waals surface area (Å²) in [5.41, 5.74) is 1.02. The van der Waals surface area contributed by atoms with E-state index >= 15 is 0 Å². The molecule has 1 aromatic heterocycles. The molecule has 3 heterocycles. The van der Waals surface area contributed by atoms with Gasteiger partial charge in [-0.25, -0.2) is 9.18 Å². The molecule has 0 saturated carbocycles. The number of benzene rings is 1. The highest BCUT2D eigenvalue weighted by molar-refractivity contribution is 5.87. The van der Waals surface area contributed by atoms with Crippen LogP contribution in [0, 0.1) is 5.82 Å². The largest absolute Gasteiger partial charge is 0.444 e. The highest BCUT2D eigenvalue weighted by atomic mass is 19.1. The Morgan fingerprint density at radius 1 is 1.29 bits per heavy atom. The highest BCUT2D eigenvalue weighted by Gasteiger charge is 2.39. The lowest BCUT2D eigenvalue weighted by Crippen LogP contribution is -2.51. The third-order valence-corrected chi connectivity index (χ3v) is 6.05. The number of pyridine rings is 1. The van der Waals surface area contributed by atoms with Gasteiger partial charge >= 0.3 is 6.09 Å². The summed E-state index contributed by atoms with van der Waals surface area (Å²) in [7, 11) is 0. The number of nitrogens with zero attached hydrogens (tertiary/aromatic N) is 1. The summed E-state index contributed by atoms with van der Waals surface area (Å²) in [4.78, 5) is 16.8. The molecule has 1 N–H and O–H groups in total. The normalized spacial score (nSPS) is 26.8. The second kappa shape index (κ2) is 10.2. The number of fused-ring (bicyclic) bond motifs is 1. The maximum atomic E-state index is 13.8. The first-order chi connectivity index (χ1) is 16.5. The van der Waals surface area contributed by atoms with Crippen LogP contribution in [0.2, 0.25) is 0 Å². The van der Waals surface area contributed by atoms with E-state index in [9.17, 15) is 9.18 Å². The second-order valence-electron chi connectivity index (χ2n) is 10.7. The smallest absolute Gasteiger partial charge is 0.407 e. The Morgan fingerprint density at radius 2 is 2.09 bits per heavy atom. The minimum absolute atomic E-state index is 0.132. The van der Waals surface area contributed by atoms with Gasteiger partial charge in [0.2, 0.25) is 0 Å². The summed E-state index contributed by atoms with van der Waals surface area (Å²) in [5.74, 6) is -0.934. The van der Waals surface area contributed by atoms with Gasteiger partial charge in [-0.05, 0) is 77.3 Å². The van der Waals surface area contributed by atoms with Crippen molar-refractivity contribution in [1.29, 1.82) is 0 Å². The molecule has 4 rings (SSSR count). The molecule has 0 aliphatic carbocycles. The summed E-state index contributed by atoms with van der Waals surface area (Å²) in [5, 5.41) is 3.74. The Morgan fingerprint density at radius 3 is 2.80 bits per heavy atom. The highest BCUT2D eigenvalue weighted by Crippen LogP contribution is 2.31. The molecule has 1 aromatic carbocycles. The van der Waals surface area contributed by atoms with Crippen LogP contribution in [0.4, 0.5) is 9.18 Å². The number of rotatable bonds is 5. The van der Waals surface area contributed by atoms with Crippen molar-refractivity contribution in [1.82, 2.24) is 10.3 Å². The molecule has 4 atom stereocenters. The number of aromatic nitrogens is 1. The fourth-order valence-corrected chi connectivity index (χ4v) is 4.54. The lowest BCUT2D eigenvalue weighted by Gasteiger charge is -2.37. The summed E-state index contributed by atoms with van der Waals surface area (Å²) in [6, 6.07) is 6.22. The second-order valence-corrected chi connectivity index (χ2v) is 10.7. The van der Waals surface area contributed by atoms with Gasteiger partial charge in [0.25, 0.3) is 0 Å². The van der Waals surface area contributed by atoms with E-state index in [1.165, 1.54) is 12.1 Å². The van der Waals surface area contributed by atoms with E-state index in [1.807, 2.05) is 52.8 Å². The molecule has 7 nitrogen and oxygen atoms in total. The fourth-order valence-electron chi connectivity index (χ4n) is 4.54.